The number of aromatic nitrogens is 3. The Morgan fingerprint density at radius 2 is 1.94 bits per heavy atom. The van der Waals surface area contributed by atoms with Crippen molar-refractivity contribution in [2.24, 2.45) is 13.0 Å². The molecule has 0 aromatic carbocycles. The molecule has 0 bridgehead atoms. The van der Waals surface area contributed by atoms with Gasteiger partial charge < -0.3 is 14.4 Å². The molecule has 1 fully saturated rings. The molecule has 1 aromatic heterocycles. The van der Waals surface area contributed by atoms with Gasteiger partial charge in [-0.25, -0.2) is 0 Å². The number of ether oxygens (including phenoxy) is 1. The highest BCUT2D eigenvalue weighted by molar-refractivity contribution is 5.08. The molecule has 16 heavy (non-hydrogen) atoms. The fourth-order valence-corrected chi connectivity index (χ4v) is 2.51. The second-order valence-corrected chi connectivity index (χ2v) is 4.62. The van der Waals surface area contributed by atoms with E-state index in [1.54, 1.807) is 0 Å². The third-order valence-corrected chi connectivity index (χ3v) is 3.68. The molecule has 0 aliphatic carbocycles. The molecular formula is C11H19N3O2. The Labute approximate surface area is 95.4 Å². The maximum absolute atomic E-state index is 9.10. The molecule has 1 N–H and O–H groups in total. The Bertz CT molecular complexity index is 377. The van der Waals surface area contributed by atoms with Gasteiger partial charge in [-0.3, -0.25) is 0 Å². The van der Waals surface area contributed by atoms with E-state index in [-0.39, 0.29) is 24.7 Å². The molecule has 1 saturated heterocycles. The topological polar surface area (TPSA) is 60.2 Å². The lowest BCUT2D eigenvalue weighted by atomic mass is 9.89. The number of rotatable bonds is 2. The second-order valence-electron chi connectivity index (χ2n) is 4.62. The maximum Gasteiger partial charge on any atom is 0.158 e. The van der Waals surface area contributed by atoms with E-state index in [2.05, 4.69) is 31.0 Å². The van der Waals surface area contributed by atoms with E-state index in [1.165, 1.54) is 0 Å². The van der Waals surface area contributed by atoms with Crippen LogP contribution in [0.15, 0.2) is 0 Å². The summed E-state index contributed by atoms with van der Waals surface area (Å²) in [5.74, 6) is 2.19. The number of hydrogen-bond donors (Lipinski definition) is 1. The van der Waals surface area contributed by atoms with Crippen molar-refractivity contribution in [2.45, 2.75) is 45.5 Å². The normalized spacial score (nSPS) is 34.6. The fraction of sp³-hybridized carbons (Fsp3) is 0.818. The van der Waals surface area contributed by atoms with Gasteiger partial charge in [0.05, 0.1) is 18.1 Å². The summed E-state index contributed by atoms with van der Waals surface area (Å²) < 4.78 is 7.67. The Kier molecular flexibility index (Phi) is 2.99. The largest absolute Gasteiger partial charge is 0.388 e. The Balaban J connectivity index is 2.33. The van der Waals surface area contributed by atoms with Gasteiger partial charge in [-0.2, -0.15) is 0 Å². The van der Waals surface area contributed by atoms with Crippen molar-refractivity contribution in [1.82, 2.24) is 14.8 Å². The highest BCUT2D eigenvalue weighted by atomic mass is 16.5. The zero-order valence-corrected chi connectivity index (χ0v) is 10.2. The molecule has 0 amide bonds. The Morgan fingerprint density at radius 3 is 2.38 bits per heavy atom. The molecule has 2 heterocycles. The summed E-state index contributed by atoms with van der Waals surface area (Å²) in [6.45, 7) is 6.25. The van der Waals surface area contributed by atoms with Crippen LogP contribution in [0.25, 0.3) is 0 Å². The molecule has 0 saturated carbocycles. The van der Waals surface area contributed by atoms with Gasteiger partial charge in [0.15, 0.2) is 5.82 Å². The quantitative estimate of drug-likeness (QED) is 0.810. The van der Waals surface area contributed by atoms with Crippen LogP contribution < -0.4 is 0 Å². The highest BCUT2D eigenvalue weighted by Crippen LogP contribution is 2.38. The van der Waals surface area contributed by atoms with Crippen molar-refractivity contribution in [3.63, 3.8) is 0 Å². The molecule has 0 spiro atoms. The molecule has 90 valence electrons. The lowest BCUT2D eigenvalue weighted by Gasteiger charge is -2.17. The van der Waals surface area contributed by atoms with Crippen molar-refractivity contribution >= 4 is 0 Å². The molecule has 1 aliphatic rings. The van der Waals surface area contributed by atoms with E-state index in [4.69, 9.17) is 9.84 Å². The molecule has 4 atom stereocenters. The maximum atomic E-state index is 9.10. The van der Waals surface area contributed by atoms with Crippen LogP contribution in [-0.4, -0.2) is 32.1 Å². The molecule has 4 unspecified atom stereocenters. The van der Waals surface area contributed by atoms with Crippen LogP contribution >= 0.6 is 0 Å². The van der Waals surface area contributed by atoms with Crippen LogP contribution in [0.4, 0.5) is 0 Å². The van der Waals surface area contributed by atoms with Crippen LogP contribution in [-0.2, 0) is 18.4 Å². The third-order valence-electron chi connectivity index (χ3n) is 3.68. The minimum absolute atomic E-state index is 0.0740. The summed E-state index contributed by atoms with van der Waals surface area (Å²) in [7, 11) is 1.89. The van der Waals surface area contributed by atoms with Crippen LogP contribution in [0, 0.1) is 5.92 Å². The zero-order chi connectivity index (χ0) is 11.9. The van der Waals surface area contributed by atoms with Crippen molar-refractivity contribution in [3.05, 3.63) is 11.6 Å². The van der Waals surface area contributed by atoms with Crippen LogP contribution in [0.5, 0.6) is 0 Å². The average molecular weight is 225 g/mol. The molecule has 2 rings (SSSR count). The van der Waals surface area contributed by atoms with Gasteiger partial charge in [-0.15, -0.1) is 10.2 Å². The van der Waals surface area contributed by atoms with Gasteiger partial charge in [0, 0.05) is 7.05 Å². The summed E-state index contributed by atoms with van der Waals surface area (Å²) in [4.78, 5) is 0. The zero-order valence-electron chi connectivity index (χ0n) is 10.2. The van der Waals surface area contributed by atoms with Crippen molar-refractivity contribution in [2.75, 3.05) is 0 Å². The Hall–Kier alpha value is -0.940. The molecule has 1 aromatic rings. The smallest absolute Gasteiger partial charge is 0.158 e. The minimum atomic E-state index is -0.0740. The van der Waals surface area contributed by atoms with Gasteiger partial charge >= 0.3 is 0 Å². The number of hydrogen-bond acceptors (Lipinski definition) is 4. The predicted molar refractivity (Wildman–Crippen MR) is 58.8 cm³/mol. The van der Waals surface area contributed by atoms with Crippen LogP contribution in [0.3, 0.4) is 0 Å². The average Bonchev–Trinajstić information content (AvgIpc) is 2.70. The van der Waals surface area contributed by atoms with E-state index in [0.29, 0.717) is 11.7 Å². The lowest BCUT2D eigenvalue weighted by Crippen LogP contribution is -2.19. The summed E-state index contributed by atoms with van der Waals surface area (Å²) in [5.41, 5.74) is 0. The van der Waals surface area contributed by atoms with E-state index >= 15 is 0 Å². The van der Waals surface area contributed by atoms with Gasteiger partial charge in [0.25, 0.3) is 0 Å². The van der Waals surface area contributed by atoms with Crippen LogP contribution in [0.2, 0.25) is 0 Å². The summed E-state index contributed by atoms with van der Waals surface area (Å²) in [6, 6.07) is 0. The fourth-order valence-electron chi connectivity index (χ4n) is 2.51. The first-order valence-electron chi connectivity index (χ1n) is 5.70. The van der Waals surface area contributed by atoms with E-state index in [9.17, 15) is 0 Å². The van der Waals surface area contributed by atoms with Crippen molar-refractivity contribution in [1.29, 1.82) is 0 Å². The molecule has 1 aliphatic heterocycles. The third kappa shape index (κ3) is 1.64. The van der Waals surface area contributed by atoms with Crippen molar-refractivity contribution < 1.29 is 9.84 Å². The van der Waals surface area contributed by atoms with Crippen LogP contribution in [0.1, 0.15) is 38.3 Å². The molecule has 5 heteroatoms. The van der Waals surface area contributed by atoms with E-state index in [1.807, 2.05) is 11.6 Å². The summed E-state index contributed by atoms with van der Waals surface area (Å²) in [5, 5.41) is 17.3. The first kappa shape index (κ1) is 11.5. The first-order chi connectivity index (χ1) is 7.56. The number of nitrogens with zero attached hydrogens (tertiary/aromatic N) is 3. The Morgan fingerprint density at radius 1 is 1.25 bits per heavy atom. The van der Waals surface area contributed by atoms with Gasteiger partial charge in [0.1, 0.15) is 12.4 Å². The first-order valence-corrected chi connectivity index (χ1v) is 5.70. The minimum Gasteiger partial charge on any atom is -0.388 e. The molecule has 5 nitrogen and oxygen atoms in total. The molecule has 0 radical (unpaired) electrons. The number of aliphatic hydroxyl groups excluding tert-OH is 1. The van der Waals surface area contributed by atoms with Gasteiger partial charge in [-0.05, 0) is 19.8 Å². The van der Waals surface area contributed by atoms with Gasteiger partial charge in [-0.1, -0.05) is 6.92 Å². The highest BCUT2D eigenvalue weighted by Gasteiger charge is 2.40. The van der Waals surface area contributed by atoms with Gasteiger partial charge in [0.2, 0.25) is 0 Å². The van der Waals surface area contributed by atoms with Crippen molar-refractivity contribution in [3.8, 4) is 0 Å². The lowest BCUT2D eigenvalue weighted by molar-refractivity contribution is 0.0552. The van der Waals surface area contributed by atoms with E-state index < -0.39 is 0 Å². The second kappa shape index (κ2) is 4.14. The number of aliphatic hydroxyl groups is 1. The molecular weight excluding hydrogens is 206 g/mol. The van der Waals surface area contributed by atoms with E-state index in [0.717, 1.165) is 5.82 Å². The summed E-state index contributed by atoms with van der Waals surface area (Å²) >= 11 is 0. The standard InChI is InChI=1S/C11H19N3O2/c1-6-7(2)16-8(3)10(6)11-13-12-9(5-15)14(11)4/h6-8,10,15H,5H2,1-4H3. The summed E-state index contributed by atoms with van der Waals surface area (Å²) in [6.07, 6.45) is 0.397. The monoisotopic (exact) mass is 225 g/mol. The SMILES string of the molecule is CC1OC(C)C(c2nnc(CO)n2C)C1C. The predicted octanol–water partition coefficient (Wildman–Crippen LogP) is 0.834.